The summed E-state index contributed by atoms with van der Waals surface area (Å²) in [7, 11) is 0. The van der Waals surface area contributed by atoms with E-state index in [0.29, 0.717) is 5.69 Å². The lowest BCUT2D eigenvalue weighted by Gasteiger charge is -2.02. The van der Waals surface area contributed by atoms with Gasteiger partial charge in [0.25, 0.3) is 0 Å². The number of carboxylic acids is 1. The summed E-state index contributed by atoms with van der Waals surface area (Å²) in [6, 6.07) is 6.57. The number of aromatic nitrogens is 2. The average molecular weight is 204 g/mol. The Kier molecular flexibility index (Phi) is 2.13. The molecular formula is C10H8N2O3. The number of carboxylic acid groups (broad SMARTS) is 1. The van der Waals surface area contributed by atoms with Gasteiger partial charge in [0.05, 0.1) is 11.8 Å². The van der Waals surface area contributed by atoms with Crippen molar-refractivity contribution in [3.8, 4) is 11.4 Å². The summed E-state index contributed by atoms with van der Waals surface area (Å²) in [6.07, 6.45) is 2.58. The third-order valence-corrected chi connectivity index (χ3v) is 1.96. The molecule has 0 unspecified atom stereocenters. The van der Waals surface area contributed by atoms with Gasteiger partial charge in [0.2, 0.25) is 0 Å². The number of carbonyl (C=O) groups is 1. The van der Waals surface area contributed by atoms with Crippen molar-refractivity contribution in [3.63, 3.8) is 0 Å². The van der Waals surface area contributed by atoms with Crippen molar-refractivity contribution < 1.29 is 15.0 Å². The highest BCUT2D eigenvalue weighted by Gasteiger charge is 2.08. The highest BCUT2D eigenvalue weighted by Crippen LogP contribution is 2.19. The zero-order valence-electron chi connectivity index (χ0n) is 7.66. The molecule has 0 saturated heterocycles. The smallest absolute Gasteiger partial charge is 0.338 e. The van der Waals surface area contributed by atoms with E-state index in [2.05, 4.69) is 5.10 Å². The Bertz CT molecular complexity index is 505. The molecule has 0 saturated carbocycles. The summed E-state index contributed by atoms with van der Waals surface area (Å²) in [4.78, 5) is 10.6. The van der Waals surface area contributed by atoms with Crippen LogP contribution in [0.25, 0.3) is 5.69 Å². The number of rotatable bonds is 2. The largest absolute Gasteiger partial charge is 0.506 e. The molecule has 2 aromatic rings. The van der Waals surface area contributed by atoms with E-state index in [1.54, 1.807) is 18.2 Å². The first-order valence-electron chi connectivity index (χ1n) is 4.25. The lowest BCUT2D eigenvalue weighted by atomic mass is 10.3. The molecule has 1 aromatic heterocycles. The molecular weight excluding hydrogens is 196 g/mol. The molecule has 1 heterocycles. The quantitative estimate of drug-likeness (QED) is 0.772. The molecule has 0 radical (unpaired) electrons. The topological polar surface area (TPSA) is 75.3 Å². The normalized spacial score (nSPS) is 10.1. The Morgan fingerprint density at radius 2 is 2.07 bits per heavy atom. The van der Waals surface area contributed by atoms with Crippen LogP contribution in [0.5, 0.6) is 5.75 Å². The Hall–Kier alpha value is -2.30. The van der Waals surface area contributed by atoms with Gasteiger partial charge in [-0.2, -0.15) is 5.10 Å². The second kappa shape index (κ2) is 3.45. The van der Waals surface area contributed by atoms with Crippen LogP contribution in [0.3, 0.4) is 0 Å². The van der Waals surface area contributed by atoms with Crippen molar-refractivity contribution in [3.05, 3.63) is 42.2 Å². The van der Waals surface area contributed by atoms with Crippen LogP contribution in [0, 0.1) is 0 Å². The van der Waals surface area contributed by atoms with Crippen LogP contribution < -0.4 is 0 Å². The van der Waals surface area contributed by atoms with Gasteiger partial charge in [0.1, 0.15) is 11.4 Å². The Morgan fingerprint density at radius 3 is 2.67 bits per heavy atom. The zero-order valence-corrected chi connectivity index (χ0v) is 7.66. The first kappa shape index (κ1) is 9.26. The molecule has 5 heteroatoms. The van der Waals surface area contributed by atoms with Gasteiger partial charge >= 0.3 is 5.97 Å². The number of benzene rings is 1. The van der Waals surface area contributed by atoms with E-state index in [1.807, 2.05) is 0 Å². The second-order valence-corrected chi connectivity index (χ2v) is 2.97. The number of hydrogen-bond acceptors (Lipinski definition) is 3. The monoisotopic (exact) mass is 204 g/mol. The second-order valence-electron chi connectivity index (χ2n) is 2.97. The predicted octanol–water partition coefficient (Wildman–Crippen LogP) is 1.28. The average Bonchev–Trinajstić information content (AvgIpc) is 2.67. The van der Waals surface area contributed by atoms with Gasteiger partial charge in [-0.05, 0) is 12.1 Å². The van der Waals surface area contributed by atoms with Gasteiger partial charge in [-0.15, -0.1) is 0 Å². The van der Waals surface area contributed by atoms with E-state index in [1.165, 1.54) is 23.1 Å². The van der Waals surface area contributed by atoms with Crippen LogP contribution in [0.4, 0.5) is 0 Å². The molecule has 1 aromatic carbocycles. The van der Waals surface area contributed by atoms with Crippen molar-refractivity contribution in [2.75, 3.05) is 0 Å². The molecule has 0 aliphatic heterocycles. The predicted molar refractivity (Wildman–Crippen MR) is 52.2 cm³/mol. The summed E-state index contributed by atoms with van der Waals surface area (Å²) < 4.78 is 1.32. The molecule has 5 nitrogen and oxygen atoms in total. The number of hydrogen-bond donors (Lipinski definition) is 2. The van der Waals surface area contributed by atoms with Gasteiger partial charge < -0.3 is 10.2 Å². The van der Waals surface area contributed by atoms with Crippen molar-refractivity contribution in [1.29, 1.82) is 0 Å². The molecule has 2 N–H and O–H groups in total. The van der Waals surface area contributed by atoms with Gasteiger partial charge in [-0.3, -0.25) is 0 Å². The number of phenols is 1. The Labute approximate surface area is 85.2 Å². The fraction of sp³-hybridized carbons (Fsp3) is 0. The maximum Gasteiger partial charge on any atom is 0.338 e. The maximum absolute atomic E-state index is 10.6. The molecule has 0 fully saturated rings. The highest BCUT2D eigenvalue weighted by atomic mass is 16.4. The van der Waals surface area contributed by atoms with Crippen molar-refractivity contribution in [1.82, 2.24) is 9.78 Å². The molecule has 2 rings (SSSR count). The highest BCUT2D eigenvalue weighted by molar-refractivity contribution is 5.87. The minimum absolute atomic E-state index is 0.0533. The van der Waals surface area contributed by atoms with Crippen LogP contribution in [0.1, 0.15) is 10.4 Å². The van der Waals surface area contributed by atoms with Crippen LogP contribution in [-0.4, -0.2) is 26.0 Å². The van der Waals surface area contributed by atoms with Gasteiger partial charge in [0.15, 0.2) is 0 Å². The van der Waals surface area contributed by atoms with E-state index in [0.717, 1.165) is 0 Å². The van der Waals surface area contributed by atoms with Crippen LogP contribution >= 0.6 is 0 Å². The van der Waals surface area contributed by atoms with Crippen molar-refractivity contribution >= 4 is 5.97 Å². The molecule has 0 aliphatic rings. The van der Waals surface area contributed by atoms with Crippen LogP contribution in [0.2, 0.25) is 0 Å². The third kappa shape index (κ3) is 1.67. The molecule has 76 valence electrons. The van der Waals surface area contributed by atoms with E-state index in [9.17, 15) is 9.90 Å². The summed E-state index contributed by atoms with van der Waals surface area (Å²) in [5.74, 6) is -0.991. The van der Waals surface area contributed by atoms with Gasteiger partial charge in [0, 0.05) is 6.20 Å². The van der Waals surface area contributed by atoms with Crippen LogP contribution in [0.15, 0.2) is 36.7 Å². The molecule has 0 spiro atoms. The summed E-state index contributed by atoms with van der Waals surface area (Å²) in [5.41, 5.74) is 0.531. The number of aromatic carboxylic acids is 1. The van der Waals surface area contributed by atoms with Crippen molar-refractivity contribution in [2.24, 2.45) is 0 Å². The first-order valence-corrected chi connectivity index (χ1v) is 4.25. The van der Waals surface area contributed by atoms with E-state index >= 15 is 0 Å². The van der Waals surface area contributed by atoms with E-state index in [-0.39, 0.29) is 11.3 Å². The molecule has 15 heavy (non-hydrogen) atoms. The summed E-state index contributed by atoms with van der Waals surface area (Å²) >= 11 is 0. The minimum Gasteiger partial charge on any atom is -0.506 e. The molecule has 0 amide bonds. The van der Waals surface area contributed by atoms with E-state index < -0.39 is 5.97 Å². The number of nitrogens with zero attached hydrogens (tertiary/aromatic N) is 2. The van der Waals surface area contributed by atoms with Gasteiger partial charge in [-0.1, -0.05) is 12.1 Å². The molecule has 0 aliphatic carbocycles. The number of aromatic hydroxyl groups is 1. The summed E-state index contributed by atoms with van der Waals surface area (Å²) in [6.45, 7) is 0. The number of para-hydroxylation sites is 2. The molecule has 0 bridgehead atoms. The van der Waals surface area contributed by atoms with E-state index in [4.69, 9.17) is 5.11 Å². The SMILES string of the molecule is O=C(O)c1cnn(-c2ccccc2O)c1. The number of phenolic OH excluding ortho intramolecular Hbond substituents is 1. The van der Waals surface area contributed by atoms with Crippen molar-refractivity contribution in [2.45, 2.75) is 0 Å². The molecule has 0 atom stereocenters. The Morgan fingerprint density at radius 1 is 1.33 bits per heavy atom. The maximum atomic E-state index is 10.6. The zero-order chi connectivity index (χ0) is 10.8. The fourth-order valence-electron chi connectivity index (χ4n) is 1.22. The lowest BCUT2D eigenvalue weighted by Crippen LogP contribution is -1.95. The fourth-order valence-corrected chi connectivity index (χ4v) is 1.22. The summed E-state index contributed by atoms with van der Waals surface area (Å²) in [5, 5.41) is 22.0. The Balaban J connectivity index is 2.46. The first-order chi connectivity index (χ1) is 7.18. The lowest BCUT2D eigenvalue weighted by molar-refractivity contribution is 0.0697. The van der Waals surface area contributed by atoms with Crippen LogP contribution in [-0.2, 0) is 0 Å². The van der Waals surface area contributed by atoms with Gasteiger partial charge in [-0.25, -0.2) is 9.48 Å². The third-order valence-electron chi connectivity index (χ3n) is 1.96. The minimum atomic E-state index is -1.04. The standard InChI is InChI=1S/C10H8N2O3/c13-9-4-2-1-3-8(9)12-6-7(5-11-12)10(14)15/h1-6,13H,(H,14,15).